The second kappa shape index (κ2) is 20.1. The molecule has 0 radical (unpaired) electrons. The second-order valence-electron chi connectivity index (χ2n) is 15.3. The van der Waals surface area contributed by atoms with Crippen LogP contribution in [0.25, 0.3) is 32.9 Å². The zero-order valence-electron chi connectivity index (χ0n) is 35.7. The Morgan fingerprint density at radius 3 is 1.92 bits per heavy atom. The SMILES string of the molecule is CCOC(=O)N1CCN(C(=O)[C@H](CCC(=O)O)NC(=O)c2c(OC(C(=O)O)c3ccccc3)nc3cc(C)c(F)cc3c2-c2cc(OC(C(=O)O)c3ccccc3)nc3ccccc23)CC1. The molecular weight excluding hydrogens is 858 g/mol. The van der Waals surface area contributed by atoms with Crippen molar-refractivity contribution in [1.82, 2.24) is 25.1 Å². The molecule has 17 nitrogen and oxygen atoms in total. The number of carboxylic acids is 3. The zero-order valence-corrected chi connectivity index (χ0v) is 35.7. The Morgan fingerprint density at radius 2 is 1.32 bits per heavy atom. The fourth-order valence-corrected chi connectivity index (χ4v) is 7.67. The summed E-state index contributed by atoms with van der Waals surface area (Å²) < 4.78 is 33.3. The van der Waals surface area contributed by atoms with Crippen molar-refractivity contribution in [1.29, 1.82) is 0 Å². The minimum Gasteiger partial charge on any atom is -0.481 e. The van der Waals surface area contributed by atoms with Crippen molar-refractivity contribution in [3.63, 3.8) is 0 Å². The Balaban J connectivity index is 1.45. The highest BCUT2D eigenvalue weighted by Crippen LogP contribution is 2.43. The fourth-order valence-electron chi connectivity index (χ4n) is 7.67. The van der Waals surface area contributed by atoms with Crippen molar-refractivity contribution in [2.75, 3.05) is 32.8 Å². The van der Waals surface area contributed by atoms with E-state index in [1.54, 1.807) is 79.7 Å². The predicted octanol–water partition coefficient (Wildman–Crippen LogP) is 6.57. The highest BCUT2D eigenvalue weighted by molar-refractivity contribution is 6.15. The molecule has 3 heterocycles. The molecule has 3 amide bonds. The maximum absolute atomic E-state index is 15.9. The van der Waals surface area contributed by atoms with Crippen molar-refractivity contribution in [2.45, 2.75) is 44.9 Å². The van der Waals surface area contributed by atoms with Gasteiger partial charge in [-0.2, -0.15) is 0 Å². The molecule has 7 rings (SSSR count). The number of rotatable bonds is 16. The summed E-state index contributed by atoms with van der Waals surface area (Å²) in [7, 11) is 0. The van der Waals surface area contributed by atoms with Crippen LogP contribution in [0.3, 0.4) is 0 Å². The first-order chi connectivity index (χ1) is 31.7. The summed E-state index contributed by atoms with van der Waals surface area (Å²) in [6, 6.07) is 24.9. The van der Waals surface area contributed by atoms with Gasteiger partial charge >= 0.3 is 24.0 Å². The van der Waals surface area contributed by atoms with Gasteiger partial charge in [-0.05, 0) is 49.6 Å². The molecule has 0 saturated carbocycles. The number of ether oxygens (including phenoxy) is 3. The van der Waals surface area contributed by atoms with Crippen molar-refractivity contribution in [3.05, 3.63) is 131 Å². The third-order valence-electron chi connectivity index (χ3n) is 10.9. The minimum absolute atomic E-state index is 0.0193. The van der Waals surface area contributed by atoms with Crippen LogP contribution in [0.1, 0.15) is 59.0 Å². The number of hydrogen-bond donors (Lipinski definition) is 4. The molecule has 0 bridgehead atoms. The highest BCUT2D eigenvalue weighted by Gasteiger charge is 2.35. The maximum atomic E-state index is 15.9. The molecule has 1 aliphatic rings. The standard InChI is InChI=1S/C48H44FN5O12/c1-3-64-48(63)54-22-20-53(21-23-54)45(58)35(18-19-38(55)56)51-43(57)40-39(31-26-37(50-34-17-11-10-16-30(31)34)65-41(46(59)60)28-12-6-4-7-13-28)32-25-33(49)27(2)24-36(32)52-44(40)66-42(47(61)62)29-14-8-5-9-15-29/h4-17,24-26,35,41-42H,3,18-23H2,1-2H3,(H,51,57)(H,55,56)(H,59,60)(H,61,62)/t35-,41?,42?/m0/s1. The molecule has 0 aliphatic carbocycles. The van der Waals surface area contributed by atoms with E-state index in [2.05, 4.69) is 15.3 Å². The van der Waals surface area contributed by atoms with Crippen molar-refractivity contribution in [2.24, 2.45) is 0 Å². The number of amides is 3. The lowest BCUT2D eigenvalue weighted by Crippen LogP contribution is -2.56. The van der Waals surface area contributed by atoms with Gasteiger partial charge in [0.1, 0.15) is 17.4 Å². The van der Waals surface area contributed by atoms with Gasteiger partial charge in [-0.1, -0.05) is 78.9 Å². The van der Waals surface area contributed by atoms with Crippen LogP contribution >= 0.6 is 0 Å². The number of carbonyl (C=O) groups is 6. The first kappa shape index (κ1) is 45.9. The molecule has 6 aromatic rings. The van der Waals surface area contributed by atoms with E-state index in [9.17, 15) is 39.3 Å². The summed E-state index contributed by atoms with van der Waals surface area (Å²) in [5.74, 6) is -7.33. The molecule has 2 aromatic heterocycles. The van der Waals surface area contributed by atoms with E-state index in [-0.39, 0.29) is 82.9 Å². The summed E-state index contributed by atoms with van der Waals surface area (Å²) >= 11 is 0. The topological polar surface area (TPSA) is 235 Å². The van der Waals surface area contributed by atoms with Crippen LogP contribution in [0.15, 0.2) is 103 Å². The van der Waals surface area contributed by atoms with Crippen LogP contribution in [0, 0.1) is 12.7 Å². The Kier molecular flexibility index (Phi) is 14.0. The van der Waals surface area contributed by atoms with Gasteiger partial charge < -0.3 is 44.6 Å². The Hall–Kier alpha value is -8.15. The van der Waals surface area contributed by atoms with Crippen LogP contribution in [0.4, 0.5) is 9.18 Å². The lowest BCUT2D eigenvalue weighted by atomic mass is 9.92. The number of aromatic nitrogens is 2. The van der Waals surface area contributed by atoms with Gasteiger partial charge in [-0.25, -0.2) is 28.7 Å². The van der Waals surface area contributed by atoms with Gasteiger partial charge in [-0.3, -0.25) is 14.4 Å². The summed E-state index contributed by atoms with van der Waals surface area (Å²) in [6.07, 6.45) is -4.86. The molecule has 66 heavy (non-hydrogen) atoms. The average molecular weight is 902 g/mol. The molecule has 2 unspecified atom stereocenters. The number of piperazine rings is 1. The number of nitrogens with zero attached hydrogens (tertiary/aromatic N) is 4. The number of para-hydroxylation sites is 1. The van der Waals surface area contributed by atoms with Crippen LogP contribution < -0.4 is 14.8 Å². The molecule has 1 fully saturated rings. The second-order valence-corrected chi connectivity index (χ2v) is 15.3. The van der Waals surface area contributed by atoms with Gasteiger partial charge in [0.2, 0.25) is 29.9 Å². The smallest absolute Gasteiger partial charge is 0.409 e. The summed E-state index contributed by atoms with van der Waals surface area (Å²) in [4.78, 5) is 91.6. The summed E-state index contributed by atoms with van der Waals surface area (Å²) in [6.45, 7) is 3.51. The fraction of sp³-hybridized carbons (Fsp3) is 0.250. The molecule has 1 aliphatic heterocycles. The third kappa shape index (κ3) is 10.1. The number of pyridine rings is 2. The molecule has 0 spiro atoms. The number of carbonyl (C=O) groups excluding carboxylic acids is 3. The van der Waals surface area contributed by atoms with E-state index in [0.717, 1.165) is 6.07 Å². The Labute approximate surface area is 376 Å². The van der Waals surface area contributed by atoms with Gasteiger partial charge in [-0.15, -0.1) is 0 Å². The van der Waals surface area contributed by atoms with Crippen molar-refractivity contribution < 1.29 is 62.7 Å². The van der Waals surface area contributed by atoms with E-state index in [1.807, 2.05) is 0 Å². The van der Waals surface area contributed by atoms with Gasteiger partial charge in [0.15, 0.2) is 0 Å². The zero-order chi connectivity index (χ0) is 47.1. The van der Waals surface area contributed by atoms with Gasteiger partial charge in [0, 0.05) is 66.1 Å². The number of halogens is 1. The third-order valence-corrected chi connectivity index (χ3v) is 10.9. The molecule has 3 atom stereocenters. The molecule has 340 valence electrons. The minimum atomic E-state index is -1.77. The molecule has 18 heteroatoms. The molecule has 4 aromatic carbocycles. The van der Waals surface area contributed by atoms with Gasteiger partial charge in [0.05, 0.1) is 17.6 Å². The normalized spacial score (nSPS) is 13.9. The van der Waals surface area contributed by atoms with Crippen molar-refractivity contribution in [3.8, 4) is 22.9 Å². The largest absolute Gasteiger partial charge is 0.481 e. The predicted molar refractivity (Wildman–Crippen MR) is 235 cm³/mol. The highest BCUT2D eigenvalue weighted by atomic mass is 19.1. The van der Waals surface area contributed by atoms with Crippen molar-refractivity contribution >= 4 is 57.6 Å². The van der Waals surface area contributed by atoms with E-state index in [1.165, 1.54) is 41.0 Å². The molecular formula is C48H44FN5O12. The first-order valence-electron chi connectivity index (χ1n) is 20.9. The number of carboxylic acid groups (broad SMARTS) is 3. The number of aliphatic carboxylic acids is 3. The van der Waals surface area contributed by atoms with Gasteiger partial charge in [0.25, 0.3) is 5.91 Å². The van der Waals surface area contributed by atoms with Crippen LogP contribution in [-0.2, 0) is 23.9 Å². The van der Waals surface area contributed by atoms with Crippen LogP contribution in [-0.4, -0.2) is 110 Å². The maximum Gasteiger partial charge on any atom is 0.409 e. The lowest BCUT2D eigenvalue weighted by Gasteiger charge is -2.36. The summed E-state index contributed by atoms with van der Waals surface area (Å²) in [5.41, 5.74) is 0.439. The van der Waals surface area contributed by atoms with E-state index >= 15 is 9.18 Å². The average Bonchev–Trinajstić information content (AvgIpc) is 3.31. The number of benzene rings is 4. The molecule has 4 N–H and O–H groups in total. The lowest BCUT2D eigenvalue weighted by molar-refractivity contribution is -0.146. The van der Waals surface area contributed by atoms with E-state index < -0.39 is 84.2 Å². The van der Waals surface area contributed by atoms with E-state index in [4.69, 9.17) is 14.2 Å². The van der Waals surface area contributed by atoms with Crippen LogP contribution in [0.5, 0.6) is 11.8 Å². The Bertz CT molecular complexity index is 2820. The monoisotopic (exact) mass is 901 g/mol. The Morgan fingerprint density at radius 1 is 0.727 bits per heavy atom. The quantitative estimate of drug-likeness (QED) is 0.0805. The number of fused-ring (bicyclic) bond motifs is 2. The van der Waals surface area contributed by atoms with Crippen LogP contribution in [0.2, 0.25) is 0 Å². The number of aryl methyl sites for hydroxylation is 1. The summed E-state index contributed by atoms with van der Waals surface area (Å²) in [5, 5.41) is 33.6. The molecule has 1 saturated heterocycles. The number of hydrogen-bond acceptors (Lipinski definition) is 11. The van der Waals surface area contributed by atoms with E-state index in [0.29, 0.717) is 5.39 Å². The first-order valence-corrected chi connectivity index (χ1v) is 20.9. The number of nitrogens with one attached hydrogen (secondary N) is 1.